The Morgan fingerprint density at radius 3 is 2.67 bits per heavy atom. The van der Waals surface area contributed by atoms with E-state index in [0.717, 1.165) is 12.0 Å². The number of aromatic nitrogens is 1. The van der Waals surface area contributed by atoms with E-state index in [9.17, 15) is 4.79 Å². The van der Waals surface area contributed by atoms with Crippen molar-refractivity contribution < 1.29 is 18.8 Å². The monoisotopic (exact) mass is 332 g/mol. The van der Waals surface area contributed by atoms with Crippen LogP contribution >= 0.6 is 0 Å². The molecule has 24 heavy (non-hydrogen) atoms. The number of amides is 1. The predicted molar refractivity (Wildman–Crippen MR) is 90.6 cm³/mol. The summed E-state index contributed by atoms with van der Waals surface area (Å²) in [6.45, 7) is 8.07. The summed E-state index contributed by atoms with van der Waals surface area (Å²) in [4.78, 5) is 12.4. The smallest absolute Gasteiger partial charge is 0.257 e. The van der Waals surface area contributed by atoms with Gasteiger partial charge in [0, 0.05) is 0 Å². The molecular weight excluding hydrogens is 308 g/mol. The van der Waals surface area contributed by atoms with Crippen LogP contribution in [-0.4, -0.2) is 24.8 Å². The van der Waals surface area contributed by atoms with Gasteiger partial charge in [0.15, 0.2) is 11.5 Å². The zero-order valence-corrected chi connectivity index (χ0v) is 14.8. The van der Waals surface area contributed by atoms with Crippen molar-refractivity contribution in [3.63, 3.8) is 0 Å². The Balaban J connectivity index is 2.14. The van der Waals surface area contributed by atoms with Crippen LogP contribution in [0.1, 0.15) is 53.7 Å². The van der Waals surface area contributed by atoms with Crippen molar-refractivity contribution in [2.45, 2.75) is 40.2 Å². The van der Waals surface area contributed by atoms with Gasteiger partial charge in [-0.2, -0.15) is 0 Å². The maximum Gasteiger partial charge on any atom is 0.257 e. The average molecular weight is 332 g/mol. The lowest BCUT2D eigenvalue weighted by molar-refractivity contribution is 0.0937. The zero-order chi connectivity index (χ0) is 17.7. The molecule has 1 aromatic carbocycles. The number of nitrogens with one attached hydrogen (secondary N) is 1. The molecule has 1 heterocycles. The van der Waals surface area contributed by atoms with E-state index >= 15 is 0 Å². The van der Waals surface area contributed by atoms with Gasteiger partial charge in [0.1, 0.15) is 11.3 Å². The van der Waals surface area contributed by atoms with Crippen LogP contribution in [0.2, 0.25) is 0 Å². The van der Waals surface area contributed by atoms with E-state index < -0.39 is 0 Å². The molecule has 0 aliphatic carbocycles. The fourth-order valence-corrected chi connectivity index (χ4v) is 2.44. The van der Waals surface area contributed by atoms with Gasteiger partial charge < -0.3 is 19.3 Å². The van der Waals surface area contributed by atoms with Gasteiger partial charge in [0.05, 0.1) is 25.5 Å². The summed E-state index contributed by atoms with van der Waals surface area (Å²) in [6, 6.07) is 5.47. The first-order chi connectivity index (χ1) is 11.5. The summed E-state index contributed by atoms with van der Waals surface area (Å²) in [7, 11) is 1.60. The van der Waals surface area contributed by atoms with Gasteiger partial charge in [-0.05, 0) is 44.9 Å². The van der Waals surface area contributed by atoms with Gasteiger partial charge >= 0.3 is 0 Å². The molecule has 1 atom stereocenters. The molecule has 0 saturated carbocycles. The van der Waals surface area contributed by atoms with Crippen LogP contribution in [-0.2, 0) is 0 Å². The van der Waals surface area contributed by atoms with Crippen molar-refractivity contribution >= 4 is 5.91 Å². The molecule has 2 aromatic rings. The zero-order valence-electron chi connectivity index (χ0n) is 14.8. The van der Waals surface area contributed by atoms with E-state index in [0.29, 0.717) is 35.1 Å². The van der Waals surface area contributed by atoms with E-state index in [1.54, 1.807) is 21.0 Å². The average Bonchev–Trinajstić information content (AvgIpc) is 2.91. The fraction of sp³-hybridized carbons (Fsp3) is 0.444. The quantitative estimate of drug-likeness (QED) is 0.839. The topological polar surface area (TPSA) is 73.6 Å². The van der Waals surface area contributed by atoms with Crippen LogP contribution in [0, 0.1) is 13.8 Å². The lowest BCUT2D eigenvalue weighted by Gasteiger charge is -2.17. The highest BCUT2D eigenvalue weighted by Crippen LogP contribution is 2.30. The molecule has 2 rings (SSSR count). The van der Waals surface area contributed by atoms with E-state index in [4.69, 9.17) is 14.0 Å². The number of carbonyl (C=O) groups is 1. The maximum atomic E-state index is 12.4. The minimum atomic E-state index is -0.205. The number of benzene rings is 1. The van der Waals surface area contributed by atoms with Gasteiger partial charge in [-0.1, -0.05) is 18.1 Å². The number of ether oxygens (including phenoxy) is 2. The standard InChI is InChI=1S/C18H24N2O4/c1-6-9-23-15-8-7-14(10-16(15)22-5)11(2)19-18(21)17-12(3)20-24-13(17)4/h7-8,10-11H,6,9H2,1-5H3,(H,19,21). The normalized spacial score (nSPS) is 11.9. The third-order valence-electron chi connectivity index (χ3n) is 3.76. The summed E-state index contributed by atoms with van der Waals surface area (Å²) < 4.78 is 16.1. The summed E-state index contributed by atoms with van der Waals surface area (Å²) in [6.07, 6.45) is 0.925. The second kappa shape index (κ2) is 7.86. The van der Waals surface area contributed by atoms with Crippen molar-refractivity contribution in [2.75, 3.05) is 13.7 Å². The van der Waals surface area contributed by atoms with E-state index in [2.05, 4.69) is 10.5 Å². The number of rotatable bonds is 7. The summed E-state index contributed by atoms with van der Waals surface area (Å²) >= 11 is 0. The Hall–Kier alpha value is -2.50. The summed E-state index contributed by atoms with van der Waals surface area (Å²) in [5.41, 5.74) is 1.99. The van der Waals surface area contributed by atoms with Crippen LogP contribution in [0.15, 0.2) is 22.7 Å². The SMILES string of the molecule is CCCOc1ccc(C(C)NC(=O)c2c(C)noc2C)cc1OC. The molecule has 0 aliphatic rings. The Morgan fingerprint density at radius 2 is 2.08 bits per heavy atom. The van der Waals surface area contributed by atoms with Crippen LogP contribution in [0.4, 0.5) is 0 Å². The molecule has 1 N–H and O–H groups in total. The van der Waals surface area contributed by atoms with Crippen molar-refractivity contribution in [1.82, 2.24) is 10.5 Å². The highest BCUT2D eigenvalue weighted by atomic mass is 16.5. The minimum Gasteiger partial charge on any atom is -0.493 e. The Bertz CT molecular complexity index is 690. The van der Waals surface area contributed by atoms with E-state index in [1.165, 1.54) is 0 Å². The molecule has 1 aromatic heterocycles. The first-order valence-electron chi connectivity index (χ1n) is 8.02. The van der Waals surface area contributed by atoms with Gasteiger partial charge in [-0.3, -0.25) is 4.79 Å². The summed E-state index contributed by atoms with van der Waals surface area (Å²) in [5, 5.41) is 6.77. The molecule has 0 saturated heterocycles. The fourth-order valence-electron chi connectivity index (χ4n) is 2.44. The lowest BCUT2D eigenvalue weighted by Crippen LogP contribution is -2.27. The molecule has 0 radical (unpaired) electrons. The van der Waals surface area contributed by atoms with Crippen molar-refractivity contribution in [3.05, 3.63) is 40.8 Å². The molecule has 1 unspecified atom stereocenters. The van der Waals surface area contributed by atoms with Crippen molar-refractivity contribution in [1.29, 1.82) is 0 Å². The molecule has 130 valence electrons. The Morgan fingerprint density at radius 1 is 1.33 bits per heavy atom. The van der Waals surface area contributed by atoms with Crippen molar-refractivity contribution in [3.8, 4) is 11.5 Å². The molecule has 1 amide bonds. The number of hydrogen-bond donors (Lipinski definition) is 1. The number of aryl methyl sites for hydroxylation is 2. The third-order valence-corrected chi connectivity index (χ3v) is 3.76. The first-order valence-corrected chi connectivity index (χ1v) is 8.02. The highest BCUT2D eigenvalue weighted by Gasteiger charge is 2.20. The summed E-state index contributed by atoms with van der Waals surface area (Å²) in [5.74, 6) is 1.66. The first kappa shape index (κ1) is 17.8. The number of nitrogens with zero attached hydrogens (tertiary/aromatic N) is 1. The second-order valence-corrected chi connectivity index (χ2v) is 5.65. The number of hydrogen-bond acceptors (Lipinski definition) is 5. The van der Waals surface area contributed by atoms with Gasteiger partial charge in [0.2, 0.25) is 0 Å². The van der Waals surface area contributed by atoms with Gasteiger partial charge in [-0.15, -0.1) is 0 Å². The molecule has 6 nitrogen and oxygen atoms in total. The molecular formula is C18H24N2O4. The Labute approximate surface area is 142 Å². The molecule has 0 aliphatic heterocycles. The molecule has 6 heteroatoms. The molecule has 0 spiro atoms. The van der Waals surface area contributed by atoms with Gasteiger partial charge in [0.25, 0.3) is 5.91 Å². The van der Waals surface area contributed by atoms with E-state index in [1.807, 2.05) is 32.0 Å². The Kier molecular flexibility index (Phi) is 5.84. The third kappa shape index (κ3) is 3.88. The predicted octanol–water partition coefficient (Wildman–Crippen LogP) is 3.58. The molecule has 0 fully saturated rings. The second-order valence-electron chi connectivity index (χ2n) is 5.65. The largest absolute Gasteiger partial charge is 0.493 e. The minimum absolute atomic E-state index is 0.194. The van der Waals surface area contributed by atoms with Crippen LogP contribution in [0.25, 0.3) is 0 Å². The van der Waals surface area contributed by atoms with Crippen LogP contribution in [0.5, 0.6) is 11.5 Å². The number of carbonyl (C=O) groups excluding carboxylic acids is 1. The van der Waals surface area contributed by atoms with Crippen LogP contribution in [0.3, 0.4) is 0 Å². The number of methoxy groups -OCH3 is 1. The molecule has 0 bridgehead atoms. The lowest BCUT2D eigenvalue weighted by atomic mass is 10.1. The van der Waals surface area contributed by atoms with Gasteiger partial charge in [-0.25, -0.2) is 0 Å². The maximum absolute atomic E-state index is 12.4. The van der Waals surface area contributed by atoms with Crippen LogP contribution < -0.4 is 14.8 Å². The highest BCUT2D eigenvalue weighted by molar-refractivity contribution is 5.96. The van der Waals surface area contributed by atoms with E-state index in [-0.39, 0.29) is 11.9 Å². The van der Waals surface area contributed by atoms with Crippen molar-refractivity contribution in [2.24, 2.45) is 0 Å².